The van der Waals surface area contributed by atoms with E-state index in [4.69, 9.17) is 16.2 Å². The molecule has 0 radical (unpaired) electrons. The highest BCUT2D eigenvalue weighted by molar-refractivity contribution is 5.95. The summed E-state index contributed by atoms with van der Waals surface area (Å²) in [5, 5.41) is 2.90. The monoisotopic (exact) mass is 382 g/mol. The van der Waals surface area contributed by atoms with Crippen molar-refractivity contribution in [3.05, 3.63) is 29.8 Å². The Hall–Kier alpha value is -2.28. The van der Waals surface area contributed by atoms with E-state index in [9.17, 15) is 9.59 Å². The molecule has 1 aromatic rings. The summed E-state index contributed by atoms with van der Waals surface area (Å²) in [6, 6.07) is 6.81. The van der Waals surface area contributed by atoms with Gasteiger partial charge in [0.2, 0.25) is 5.91 Å². The Bertz CT molecular complexity index is 639. The maximum atomic E-state index is 12.5. The van der Waals surface area contributed by atoms with Crippen molar-refractivity contribution in [1.29, 1.82) is 0 Å². The fourth-order valence-electron chi connectivity index (χ4n) is 3.02. The third-order valence-corrected chi connectivity index (χ3v) is 4.39. The van der Waals surface area contributed by atoms with Gasteiger partial charge < -0.3 is 21.5 Å². The number of ether oxygens (including phenoxy) is 1. The number of guanidine groups is 1. The first-order valence-corrected chi connectivity index (χ1v) is 8.63. The lowest BCUT2D eigenvalue weighted by atomic mass is 9.81. The van der Waals surface area contributed by atoms with Crippen LogP contribution in [-0.2, 0) is 9.53 Å². The molecule has 1 aliphatic rings. The SMILES string of the molecule is CCOC(=O)c1cccc(NC(=O)C2CCC(CN=C(N)N)CC2)c1.Cl. The summed E-state index contributed by atoms with van der Waals surface area (Å²) in [7, 11) is 0. The highest BCUT2D eigenvalue weighted by atomic mass is 35.5. The van der Waals surface area contributed by atoms with E-state index in [1.807, 2.05) is 0 Å². The Morgan fingerprint density at radius 1 is 1.23 bits per heavy atom. The molecule has 0 heterocycles. The molecule has 1 amide bonds. The third kappa shape index (κ3) is 6.55. The van der Waals surface area contributed by atoms with Gasteiger partial charge in [0, 0.05) is 18.2 Å². The summed E-state index contributed by atoms with van der Waals surface area (Å²) in [5.74, 6) is 0.112. The topological polar surface area (TPSA) is 120 Å². The number of carbonyl (C=O) groups is 2. The van der Waals surface area contributed by atoms with Crippen molar-refractivity contribution >= 4 is 35.9 Å². The zero-order chi connectivity index (χ0) is 18.2. The lowest BCUT2D eigenvalue weighted by molar-refractivity contribution is -0.121. The maximum absolute atomic E-state index is 12.5. The molecule has 0 bridgehead atoms. The van der Waals surface area contributed by atoms with Gasteiger partial charge in [-0.3, -0.25) is 9.79 Å². The molecule has 2 rings (SSSR count). The van der Waals surface area contributed by atoms with Gasteiger partial charge in [-0.05, 0) is 56.7 Å². The Morgan fingerprint density at radius 2 is 1.92 bits per heavy atom. The summed E-state index contributed by atoms with van der Waals surface area (Å²) in [4.78, 5) is 28.3. The molecule has 1 fully saturated rings. The average molecular weight is 383 g/mol. The Labute approximate surface area is 160 Å². The fraction of sp³-hybridized carbons (Fsp3) is 0.500. The van der Waals surface area contributed by atoms with Crippen LogP contribution in [0.2, 0.25) is 0 Å². The number of rotatable bonds is 6. The number of halogens is 1. The summed E-state index contributed by atoms with van der Waals surface area (Å²) in [5.41, 5.74) is 11.7. The first-order chi connectivity index (χ1) is 12.0. The van der Waals surface area contributed by atoms with Crippen LogP contribution in [-0.4, -0.2) is 31.0 Å². The summed E-state index contributed by atoms with van der Waals surface area (Å²) >= 11 is 0. The predicted octanol–water partition coefficient (Wildman–Crippen LogP) is 2.30. The number of hydrogen-bond donors (Lipinski definition) is 3. The van der Waals surface area contributed by atoms with Crippen molar-refractivity contribution in [3.8, 4) is 0 Å². The number of amides is 1. The quantitative estimate of drug-likeness (QED) is 0.396. The van der Waals surface area contributed by atoms with Crippen molar-refractivity contribution in [2.24, 2.45) is 28.3 Å². The van der Waals surface area contributed by atoms with Crippen LogP contribution in [0.15, 0.2) is 29.3 Å². The van der Waals surface area contributed by atoms with Gasteiger partial charge in [-0.2, -0.15) is 0 Å². The van der Waals surface area contributed by atoms with Crippen molar-refractivity contribution in [2.75, 3.05) is 18.5 Å². The molecule has 0 aliphatic heterocycles. The standard InChI is InChI=1S/C18H26N4O3.ClH/c1-2-25-17(24)14-4-3-5-15(10-14)22-16(23)13-8-6-12(7-9-13)11-21-18(19)20;/h3-5,10,12-13H,2,6-9,11H2,1H3,(H,22,23)(H4,19,20,21);1H. The highest BCUT2D eigenvalue weighted by Gasteiger charge is 2.26. The molecule has 1 aromatic carbocycles. The van der Waals surface area contributed by atoms with Gasteiger partial charge >= 0.3 is 5.97 Å². The van der Waals surface area contributed by atoms with Gasteiger partial charge in [0.1, 0.15) is 0 Å². The summed E-state index contributed by atoms with van der Waals surface area (Å²) in [6.07, 6.45) is 3.48. The molecule has 0 spiro atoms. The number of esters is 1. The average Bonchev–Trinajstić information content (AvgIpc) is 2.61. The van der Waals surface area contributed by atoms with Gasteiger partial charge in [-0.15, -0.1) is 12.4 Å². The van der Waals surface area contributed by atoms with Crippen molar-refractivity contribution in [3.63, 3.8) is 0 Å². The number of hydrogen-bond acceptors (Lipinski definition) is 4. The first-order valence-electron chi connectivity index (χ1n) is 8.63. The minimum absolute atomic E-state index is 0. The van der Waals surface area contributed by atoms with Crippen LogP contribution in [0, 0.1) is 11.8 Å². The molecular formula is C18H27ClN4O3. The predicted molar refractivity (Wildman–Crippen MR) is 104 cm³/mol. The molecule has 144 valence electrons. The molecule has 7 nitrogen and oxygen atoms in total. The van der Waals surface area contributed by atoms with E-state index in [0.29, 0.717) is 30.3 Å². The number of nitrogens with zero attached hydrogens (tertiary/aromatic N) is 1. The Balaban J connectivity index is 0.00000338. The molecule has 0 unspecified atom stereocenters. The molecule has 8 heteroatoms. The number of carbonyl (C=O) groups excluding carboxylic acids is 2. The smallest absolute Gasteiger partial charge is 0.338 e. The third-order valence-electron chi connectivity index (χ3n) is 4.39. The van der Waals surface area contributed by atoms with Crippen molar-refractivity contribution in [2.45, 2.75) is 32.6 Å². The first kappa shape index (κ1) is 21.8. The molecule has 1 aliphatic carbocycles. The van der Waals surface area contributed by atoms with Gasteiger partial charge in [0.05, 0.1) is 12.2 Å². The molecule has 0 aromatic heterocycles. The van der Waals surface area contributed by atoms with Crippen LogP contribution in [0.4, 0.5) is 5.69 Å². The van der Waals surface area contributed by atoms with Gasteiger partial charge in [0.25, 0.3) is 0 Å². The molecule has 26 heavy (non-hydrogen) atoms. The van der Waals surface area contributed by atoms with Crippen LogP contribution in [0.1, 0.15) is 43.0 Å². The molecule has 0 atom stereocenters. The van der Waals surface area contributed by atoms with Crippen LogP contribution < -0.4 is 16.8 Å². The minimum Gasteiger partial charge on any atom is -0.462 e. The van der Waals surface area contributed by atoms with E-state index in [0.717, 1.165) is 25.7 Å². The van der Waals surface area contributed by atoms with Crippen LogP contribution in [0.5, 0.6) is 0 Å². The van der Waals surface area contributed by atoms with Gasteiger partial charge in [-0.1, -0.05) is 6.07 Å². The van der Waals surface area contributed by atoms with E-state index in [-0.39, 0.29) is 36.2 Å². The van der Waals surface area contributed by atoms with E-state index in [1.165, 1.54) is 0 Å². The second kappa shape index (κ2) is 10.7. The number of nitrogens with two attached hydrogens (primary N) is 2. The second-order valence-corrected chi connectivity index (χ2v) is 6.27. The normalized spacial score (nSPS) is 19.0. The molecule has 0 saturated heterocycles. The number of benzene rings is 1. The zero-order valence-electron chi connectivity index (χ0n) is 14.9. The summed E-state index contributed by atoms with van der Waals surface area (Å²) < 4.78 is 4.98. The maximum Gasteiger partial charge on any atom is 0.338 e. The number of nitrogens with one attached hydrogen (secondary N) is 1. The summed E-state index contributed by atoms with van der Waals surface area (Å²) in [6.45, 7) is 2.70. The lowest BCUT2D eigenvalue weighted by Gasteiger charge is -2.26. The largest absolute Gasteiger partial charge is 0.462 e. The van der Waals surface area contributed by atoms with Gasteiger partial charge in [-0.25, -0.2) is 4.79 Å². The number of aliphatic imine (C=N–C) groups is 1. The number of anilines is 1. The lowest BCUT2D eigenvalue weighted by Crippen LogP contribution is -2.29. The van der Waals surface area contributed by atoms with E-state index in [2.05, 4.69) is 10.3 Å². The molecule has 1 saturated carbocycles. The van der Waals surface area contributed by atoms with Crippen molar-refractivity contribution < 1.29 is 14.3 Å². The van der Waals surface area contributed by atoms with E-state index >= 15 is 0 Å². The van der Waals surface area contributed by atoms with Gasteiger partial charge in [0.15, 0.2) is 5.96 Å². The minimum atomic E-state index is -0.390. The van der Waals surface area contributed by atoms with E-state index < -0.39 is 0 Å². The van der Waals surface area contributed by atoms with Crippen LogP contribution in [0.25, 0.3) is 0 Å². The Morgan fingerprint density at radius 3 is 2.54 bits per heavy atom. The Kier molecular flexibility index (Phi) is 8.92. The van der Waals surface area contributed by atoms with E-state index in [1.54, 1.807) is 31.2 Å². The van der Waals surface area contributed by atoms with Crippen LogP contribution in [0.3, 0.4) is 0 Å². The highest BCUT2D eigenvalue weighted by Crippen LogP contribution is 2.30. The zero-order valence-corrected chi connectivity index (χ0v) is 15.8. The fourth-order valence-corrected chi connectivity index (χ4v) is 3.02. The molecular weight excluding hydrogens is 356 g/mol. The van der Waals surface area contributed by atoms with Crippen LogP contribution >= 0.6 is 12.4 Å². The second-order valence-electron chi connectivity index (χ2n) is 6.27. The molecule has 5 N–H and O–H groups in total. The van der Waals surface area contributed by atoms with Crippen molar-refractivity contribution in [1.82, 2.24) is 0 Å².